The Morgan fingerprint density at radius 2 is 0.769 bits per heavy atom. The molecular formula is C59H113NO5. The Hall–Kier alpha value is -1.66. The van der Waals surface area contributed by atoms with Gasteiger partial charge in [0, 0.05) is 12.8 Å². The highest BCUT2D eigenvalue weighted by Gasteiger charge is 2.20. The maximum absolute atomic E-state index is 12.5. The molecule has 3 N–H and O–H groups in total. The van der Waals surface area contributed by atoms with Gasteiger partial charge in [-0.25, -0.2) is 0 Å². The first-order valence-corrected chi connectivity index (χ1v) is 29.1. The number of rotatable bonds is 54. The van der Waals surface area contributed by atoms with Crippen molar-refractivity contribution in [1.82, 2.24) is 5.32 Å². The molecule has 0 radical (unpaired) electrons. The Balaban J connectivity index is 3.44. The van der Waals surface area contributed by atoms with Gasteiger partial charge < -0.3 is 20.3 Å². The number of carbonyl (C=O) groups is 2. The number of aliphatic hydroxyl groups is 2. The van der Waals surface area contributed by atoms with Gasteiger partial charge in [-0.2, -0.15) is 0 Å². The van der Waals surface area contributed by atoms with E-state index in [4.69, 9.17) is 4.74 Å². The number of amides is 1. The lowest BCUT2D eigenvalue weighted by Gasteiger charge is -2.22. The van der Waals surface area contributed by atoms with E-state index in [2.05, 4.69) is 43.5 Å². The van der Waals surface area contributed by atoms with E-state index < -0.39 is 12.1 Å². The molecular weight excluding hydrogens is 803 g/mol. The van der Waals surface area contributed by atoms with Crippen molar-refractivity contribution in [3.8, 4) is 0 Å². The second-order valence-electron chi connectivity index (χ2n) is 20.0. The van der Waals surface area contributed by atoms with Crippen LogP contribution in [0.15, 0.2) is 24.3 Å². The van der Waals surface area contributed by atoms with Crippen LogP contribution < -0.4 is 5.32 Å². The average molecular weight is 917 g/mol. The molecule has 1 amide bonds. The second-order valence-corrected chi connectivity index (χ2v) is 20.0. The second kappa shape index (κ2) is 54.9. The first-order valence-electron chi connectivity index (χ1n) is 29.1. The highest BCUT2D eigenvalue weighted by Crippen LogP contribution is 2.17. The Bertz CT molecular complexity index is 1010. The third-order valence-electron chi connectivity index (χ3n) is 13.5. The standard InChI is InChI=1S/C59H113NO5/c1-3-5-7-9-11-13-15-17-29-33-37-41-45-49-53-59(64)65-54-50-46-42-38-34-30-26-24-22-20-18-19-21-23-25-28-32-36-40-44-48-52-58(63)60-56(55-61)57(62)51-47-43-39-35-31-27-16-14-12-10-8-6-4-2/h30,34,42,46,56-57,61-62H,3-29,31-33,35-41,43-45,47-55H2,1-2H3,(H,60,63)/b34-30-,46-42-. The summed E-state index contributed by atoms with van der Waals surface area (Å²) in [5, 5.41) is 23.2. The summed E-state index contributed by atoms with van der Waals surface area (Å²) in [6.45, 7) is 4.85. The van der Waals surface area contributed by atoms with Crippen LogP contribution in [0, 0.1) is 0 Å². The first-order chi connectivity index (χ1) is 32.0. The summed E-state index contributed by atoms with van der Waals surface area (Å²) in [6, 6.07) is -0.544. The third kappa shape index (κ3) is 51.6. The summed E-state index contributed by atoms with van der Waals surface area (Å²) in [5.74, 6) is -0.0718. The lowest BCUT2D eigenvalue weighted by Crippen LogP contribution is -2.45. The quantitative estimate of drug-likeness (QED) is 0.0321. The topological polar surface area (TPSA) is 95.9 Å². The first kappa shape index (κ1) is 63.3. The molecule has 6 nitrogen and oxygen atoms in total. The molecule has 0 bridgehead atoms. The minimum atomic E-state index is -0.666. The molecule has 0 aromatic carbocycles. The van der Waals surface area contributed by atoms with E-state index in [1.165, 1.54) is 231 Å². The number of hydrogen-bond donors (Lipinski definition) is 3. The maximum Gasteiger partial charge on any atom is 0.305 e. The van der Waals surface area contributed by atoms with Crippen LogP contribution in [0.5, 0.6) is 0 Å². The largest absolute Gasteiger partial charge is 0.465 e. The van der Waals surface area contributed by atoms with E-state index in [-0.39, 0.29) is 18.5 Å². The van der Waals surface area contributed by atoms with Crippen LogP contribution in [0.1, 0.15) is 316 Å². The normalized spacial score (nSPS) is 12.7. The van der Waals surface area contributed by atoms with Crippen molar-refractivity contribution < 1.29 is 24.5 Å². The van der Waals surface area contributed by atoms with Crippen LogP contribution in [0.2, 0.25) is 0 Å². The van der Waals surface area contributed by atoms with E-state index in [9.17, 15) is 19.8 Å². The van der Waals surface area contributed by atoms with Gasteiger partial charge in [-0.3, -0.25) is 9.59 Å². The van der Waals surface area contributed by atoms with Crippen LogP contribution >= 0.6 is 0 Å². The highest BCUT2D eigenvalue weighted by atomic mass is 16.5. The van der Waals surface area contributed by atoms with Gasteiger partial charge in [0.2, 0.25) is 5.91 Å². The fourth-order valence-corrected chi connectivity index (χ4v) is 9.07. The van der Waals surface area contributed by atoms with Gasteiger partial charge in [0.25, 0.3) is 0 Å². The van der Waals surface area contributed by atoms with Gasteiger partial charge >= 0.3 is 5.97 Å². The Morgan fingerprint density at radius 3 is 1.17 bits per heavy atom. The summed E-state index contributed by atoms with van der Waals surface area (Å²) in [4.78, 5) is 24.5. The number of ether oxygens (including phenoxy) is 1. The number of nitrogens with one attached hydrogen (secondary N) is 1. The molecule has 0 spiro atoms. The molecule has 0 aromatic heterocycles. The zero-order valence-corrected chi connectivity index (χ0v) is 43.7. The lowest BCUT2D eigenvalue weighted by molar-refractivity contribution is -0.143. The monoisotopic (exact) mass is 916 g/mol. The van der Waals surface area contributed by atoms with Gasteiger partial charge in [0.15, 0.2) is 0 Å². The molecule has 0 aromatic rings. The number of allylic oxidation sites excluding steroid dienone is 3. The molecule has 0 saturated heterocycles. The SMILES string of the molecule is CCCCCCCCCCCCCCCCC(=O)OCC/C=C\C/C=C\CCCCCCCCCCCCCCCCC(=O)NC(CO)C(O)CCCCCCCCCCCCCCC. The van der Waals surface area contributed by atoms with E-state index >= 15 is 0 Å². The average Bonchev–Trinajstić information content (AvgIpc) is 3.31. The molecule has 0 fully saturated rings. The molecule has 384 valence electrons. The third-order valence-corrected chi connectivity index (χ3v) is 13.5. The maximum atomic E-state index is 12.5. The van der Waals surface area contributed by atoms with Gasteiger partial charge in [0.05, 0.1) is 25.4 Å². The molecule has 2 atom stereocenters. The van der Waals surface area contributed by atoms with Crippen molar-refractivity contribution in [1.29, 1.82) is 0 Å². The minimum Gasteiger partial charge on any atom is -0.465 e. The van der Waals surface area contributed by atoms with Gasteiger partial charge in [0.1, 0.15) is 0 Å². The molecule has 0 aliphatic rings. The predicted molar refractivity (Wildman–Crippen MR) is 283 cm³/mol. The number of esters is 1. The molecule has 0 saturated carbocycles. The van der Waals surface area contributed by atoms with Crippen molar-refractivity contribution in [2.45, 2.75) is 328 Å². The molecule has 2 unspecified atom stereocenters. The van der Waals surface area contributed by atoms with Crippen LogP contribution in [0.4, 0.5) is 0 Å². The van der Waals surface area contributed by atoms with E-state index in [1.54, 1.807) is 0 Å². The van der Waals surface area contributed by atoms with Gasteiger partial charge in [-0.15, -0.1) is 0 Å². The van der Waals surface area contributed by atoms with Crippen molar-refractivity contribution in [3.63, 3.8) is 0 Å². The number of unbranched alkanes of at least 4 members (excludes halogenated alkanes) is 39. The summed E-state index contributed by atoms with van der Waals surface area (Å²) in [5.41, 5.74) is 0. The lowest BCUT2D eigenvalue weighted by atomic mass is 10.0. The van der Waals surface area contributed by atoms with Crippen LogP contribution in [0.25, 0.3) is 0 Å². The zero-order valence-electron chi connectivity index (χ0n) is 43.7. The summed E-state index contributed by atoms with van der Waals surface area (Å²) in [7, 11) is 0. The molecule has 0 heterocycles. The zero-order chi connectivity index (χ0) is 47.2. The molecule has 0 aliphatic heterocycles. The van der Waals surface area contributed by atoms with E-state index in [1.807, 2.05) is 0 Å². The minimum absolute atomic E-state index is 0.0328. The summed E-state index contributed by atoms with van der Waals surface area (Å²) in [6.07, 6.45) is 66.2. The Labute approximate surface area is 405 Å². The molecule has 6 heteroatoms. The van der Waals surface area contributed by atoms with Gasteiger partial charge in [-0.05, 0) is 44.9 Å². The fourth-order valence-electron chi connectivity index (χ4n) is 9.07. The highest BCUT2D eigenvalue weighted by molar-refractivity contribution is 5.76. The molecule has 0 rings (SSSR count). The van der Waals surface area contributed by atoms with E-state index in [0.29, 0.717) is 25.9 Å². The van der Waals surface area contributed by atoms with Crippen LogP contribution in [0.3, 0.4) is 0 Å². The number of hydrogen-bond acceptors (Lipinski definition) is 5. The van der Waals surface area contributed by atoms with Gasteiger partial charge in [-0.1, -0.05) is 282 Å². The van der Waals surface area contributed by atoms with Crippen molar-refractivity contribution >= 4 is 11.9 Å². The summed E-state index contributed by atoms with van der Waals surface area (Å²) >= 11 is 0. The number of carbonyl (C=O) groups excluding carboxylic acids is 2. The Kier molecular flexibility index (Phi) is 53.5. The van der Waals surface area contributed by atoms with Crippen molar-refractivity contribution in [3.05, 3.63) is 24.3 Å². The van der Waals surface area contributed by atoms with Crippen molar-refractivity contribution in [2.24, 2.45) is 0 Å². The predicted octanol–water partition coefficient (Wildman–Crippen LogP) is 17.9. The van der Waals surface area contributed by atoms with Crippen LogP contribution in [-0.4, -0.2) is 47.4 Å². The summed E-state index contributed by atoms with van der Waals surface area (Å²) < 4.78 is 5.41. The Morgan fingerprint density at radius 1 is 0.431 bits per heavy atom. The fraction of sp³-hybridized carbons (Fsp3) is 0.898. The molecule has 0 aliphatic carbocycles. The van der Waals surface area contributed by atoms with E-state index in [0.717, 1.165) is 51.4 Å². The molecule has 65 heavy (non-hydrogen) atoms. The van der Waals surface area contributed by atoms with Crippen LogP contribution in [-0.2, 0) is 14.3 Å². The van der Waals surface area contributed by atoms with Crippen molar-refractivity contribution in [2.75, 3.05) is 13.2 Å². The smallest absolute Gasteiger partial charge is 0.305 e. The number of aliphatic hydroxyl groups excluding tert-OH is 2.